The molecule has 0 radical (unpaired) electrons. The summed E-state index contributed by atoms with van der Waals surface area (Å²) in [7, 11) is 0. The molecule has 1 aromatic heterocycles. The molecule has 4 rings (SSSR count). The number of aliphatic imine (C=N–C) groups is 1. The molecule has 1 atom stereocenters. The number of rotatable bonds is 4. The number of hydrogen-bond donors (Lipinski definition) is 3. The van der Waals surface area contributed by atoms with E-state index in [-0.39, 0.29) is 17.8 Å². The second-order valence-corrected chi connectivity index (χ2v) is 6.79. The third-order valence-corrected chi connectivity index (χ3v) is 4.34. The van der Waals surface area contributed by atoms with E-state index in [0.29, 0.717) is 17.4 Å². The van der Waals surface area contributed by atoms with Crippen LogP contribution in [0, 0.1) is 11.7 Å². The Bertz CT molecular complexity index is 828. The Balaban J connectivity index is 1.59. The molecule has 1 aliphatic heterocycles. The maximum atomic E-state index is 14.2. The summed E-state index contributed by atoms with van der Waals surface area (Å²) >= 11 is 0. The van der Waals surface area contributed by atoms with Gasteiger partial charge in [-0.2, -0.15) is 0 Å². The molecule has 0 amide bonds. The Morgan fingerprint density at radius 1 is 1.40 bits per heavy atom. The van der Waals surface area contributed by atoms with Gasteiger partial charge in [0.15, 0.2) is 23.0 Å². The van der Waals surface area contributed by atoms with Crippen LogP contribution in [0.15, 0.2) is 39.9 Å². The summed E-state index contributed by atoms with van der Waals surface area (Å²) in [5, 5.41) is 6.23. The van der Waals surface area contributed by atoms with E-state index < -0.39 is 11.5 Å². The second kappa shape index (κ2) is 5.77. The fraction of sp³-hybridized carbons (Fsp3) is 0.389. The van der Waals surface area contributed by atoms with Crippen LogP contribution in [-0.2, 0) is 5.66 Å². The maximum absolute atomic E-state index is 14.2. The average Bonchev–Trinajstić information content (AvgIpc) is 3.29. The van der Waals surface area contributed by atoms with E-state index >= 15 is 0 Å². The van der Waals surface area contributed by atoms with Gasteiger partial charge in [-0.1, -0.05) is 0 Å². The molecule has 25 heavy (non-hydrogen) atoms. The summed E-state index contributed by atoms with van der Waals surface area (Å²) < 4.78 is 25.1. The molecule has 1 fully saturated rings. The number of guanidine groups is 1. The first-order valence-electron chi connectivity index (χ1n) is 8.42. The summed E-state index contributed by atoms with van der Waals surface area (Å²) in [6.07, 6.45) is 3.54. The van der Waals surface area contributed by atoms with Gasteiger partial charge in [0.25, 0.3) is 0 Å². The molecule has 1 saturated carbocycles. The molecule has 0 saturated heterocycles. The largest absolute Gasteiger partial charge is 0.488 e. The van der Waals surface area contributed by atoms with Gasteiger partial charge >= 0.3 is 0 Å². The molecule has 0 bridgehead atoms. The van der Waals surface area contributed by atoms with Crippen molar-refractivity contribution in [2.24, 2.45) is 16.6 Å². The number of nitrogens with two attached hydrogens (primary N) is 1. The topological polar surface area (TPSA) is 84.8 Å². The van der Waals surface area contributed by atoms with Crippen molar-refractivity contribution in [2.45, 2.75) is 38.5 Å². The molecular weight excluding hydrogens is 323 g/mol. The average molecular weight is 344 g/mol. The number of nitrogens with zero attached hydrogens (tertiary/aromatic N) is 1. The van der Waals surface area contributed by atoms with E-state index in [2.05, 4.69) is 15.6 Å². The van der Waals surface area contributed by atoms with Crippen molar-refractivity contribution >= 4 is 17.3 Å². The van der Waals surface area contributed by atoms with Gasteiger partial charge in [-0.15, -0.1) is 0 Å². The molecule has 132 valence electrons. The third-order valence-electron chi connectivity index (χ3n) is 4.34. The summed E-state index contributed by atoms with van der Waals surface area (Å²) in [5.74, 6) is 1.17. The van der Waals surface area contributed by atoms with Crippen LogP contribution >= 0.6 is 0 Å². The molecule has 1 aromatic carbocycles. The highest BCUT2D eigenvalue weighted by Gasteiger charge is 2.49. The van der Waals surface area contributed by atoms with E-state index in [1.54, 1.807) is 18.4 Å². The summed E-state index contributed by atoms with van der Waals surface area (Å²) in [6, 6.07) is 6.53. The Kier molecular flexibility index (Phi) is 3.68. The number of fused-ring (bicyclic) bond motifs is 1. The monoisotopic (exact) mass is 344 g/mol. The fourth-order valence-electron chi connectivity index (χ4n) is 3.03. The molecule has 2 aliphatic rings. The van der Waals surface area contributed by atoms with Crippen LogP contribution in [0.25, 0.3) is 0 Å². The fourth-order valence-corrected chi connectivity index (χ4v) is 3.03. The van der Waals surface area contributed by atoms with Gasteiger partial charge < -0.3 is 25.5 Å². The lowest BCUT2D eigenvalue weighted by atomic mass is 10.0. The van der Waals surface area contributed by atoms with Gasteiger partial charge in [0, 0.05) is 23.7 Å². The van der Waals surface area contributed by atoms with E-state index in [4.69, 9.17) is 14.9 Å². The van der Waals surface area contributed by atoms with Crippen molar-refractivity contribution in [1.29, 1.82) is 0 Å². The van der Waals surface area contributed by atoms with Crippen molar-refractivity contribution in [1.82, 2.24) is 0 Å². The SMILES string of the molecule is CC(C)Oc1ccc(NC2=NC(N)(C3CC3)c3occc3N2)cc1F. The third kappa shape index (κ3) is 2.95. The zero-order valence-corrected chi connectivity index (χ0v) is 14.2. The number of nitrogens with one attached hydrogen (secondary N) is 2. The van der Waals surface area contributed by atoms with E-state index in [9.17, 15) is 4.39 Å². The highest BCUT2D eigenvalue weighted by atomic mass is 19.1. The van der Waals surface area contributed by atoms with Gasteiger partial charge in [0.05, 0.1) is 18.1 Å². The Labute approximate surface area is 145 Å². The van der Waals surface area contributed by atoms with Crippen molar-refractivity contribution < 1.29 is 13.5 Å². The zero-order chi connectivity index (χ0) is 17.6. The minimum Gasteiger partial charge on any atom is -0.488 e. The van der Waals surface area contributed by atoms with Crippen LogP contribution in [0.4, 0.5) is 15.8 Å². The van der Waals surface area contributed by atoms with Gasteiger partial charge in [-0.25, -0.2) is 9.38 Å². The number of benzene rings is 1. The first kappa shape index (κ1) is 16.0. The number of ether oxygens (including phenoxy) is 1. The number of furan rings is 1. The predicted octanol–water partition coefficient (Wildman–Crippen LogP) is 3.62. The smallest absolute Gasteiger partial charge is 0.202 e. The molecule has 1 aliphatic carbocycles. The van der Waals surface area contributed by atoms with Gasteiger partial charge in [-0.3, -0.25) is 0 Å². The van der Waals surface area contributed by atoms with Crippen LogP contribution in [0.5, 0.6) is 5.75 Å². The molecule has 2 heterocycles. The Morgan fingerprint density at radius 2 is 2.20 bits per heavy atom. The lowest BCUT2D eigenvalue weighted by molar-refractivity contribution is 0.231. The first-order chi connectivity index (χ1) is 12.0. The predicted molar refractivity (Wildman–Crippen MR) is 94.1 cm³/mol. The number of hydrogen-bond acceptors (Lipinski definition) is 6. The van der Waals surface area contributed by atoms with Gasteiger partial charge in [-0.05, 0) is 38.8 Å². The summed E-state index contributed by atoms with van der Waals surface area (Å²) in [5.41, 5.74) is 6.98. The van der Waals surface area contributed by atoms with Crippen LogP contribution in [0.2, 0.25) is 0 Å². The normalized spacial score (nSPS) is 22.2. The van der Waals surface area contributed by atoms with E-state index in [1.165, 1.54) is 6.07 Å². The summed E-state index contributed by atoms with van der Waals surface area (Å²) in [6.45, 7) is 3.71. The van der Waals surface area contributed by atoms with Crippen LogP contribution in [-0.4, -0.2) is 12.1 Å². The lowest BCUT2D eigenvalue weighted by Gasteiger charge is -2.30. The quantitative estimate of drug-likeness (QED) is 0.789. The molecule has 1 unspecified atom stereocenters. The van der Waals surface area contributed by atoms with Crippen molar-refractivity contribution in [3.63, 3.8) is 0 Å². The molecule has 6 nitrogen and oxygen atoms in total. The zero-order valence-electron chi connectivity index (χ0n) is 14.2. The number of halogens is 1. The molecule has 4 N–H and O–H groups in total. The standard InChI is InChI=1S/C18H21FN4O2/c1-10(2)25-15-6-5-12(9-13(15)19)21-17-22-14-7-8-24-16(14)18(20,23-17)11-3-4-11/h5-11H,3-4,20H2,1-2H3,(H2,21,22,23). The minimum absolute atomic E-state index is 0.0893. The van der Waals surface area contributed by atoms with Crippen LogP contribution < -0.4 is 21.1 Å². The lowest BCUT2D eigenvalue weighted by Crippen LogP contribution is -2.44. The summed E-state index contributed by atoms with van der Waals surface area (Å²) in [4.78, 5) is 4.61. The Hall–Kier alpha value is -2.54. The van der Waals surface area contributed by atoms with Crippen LogP contribution in [0.1, 0.15) is 32.4 Å². The van der Waals surface area contributed by atoms with Crippen molar-refractivity contribution in [3.8, 4) is 5.75 Å². The second-order valence-electron chi connectivity index (χ2n) is 6.79. The molecule has 0 spiro atoms. The van der Waals surface area contributed by atoms with E-state index in [1.807, 2.05) is 19.9 Å². The maximum Gasteiger partial charge on any atom is 0.202 e. The highest BCUT2D eigenvalue weighted by molar-refractivity contribution is 6.05. The van der Waals surface area contributed by atoms with Crippen LogP contribution in [0.3, 0.4) is 0 Å². The molecule has 2 aromatic rings. The Morgan fingerprint density at radius 3 is 2.88 bits per heavy atom. The first-order valence-corrected chi connectivity index (χ1v) is 8.42. The van der Waals surface area contributed by atoms with Crippen molar-refractivity contribution in [2.75, 3.05) is 10.6 Å². The van der Waals surface area contributed by atoms with Gasteiger partial charge in [0.1, 0.15) is 0 Å². The van der Waals surface area contributed by atoms with Crippen molar-refractivity contribution in [3.05, 3.63) is 42.1 Å². The minimum atomic E-state index is -0.883. The molecule has 7 heteroatoms. The molecular formula is C18H21FN4O2. The van der Waals surface area contributed by atoms with Gasteiger partial charge in [0.2, 0.25) is 5.96 Å². The van der Waals surface area contributed by atoms with E-state index in [0.717, 1.165) is 18.5 Å². The highest BCUT2D eigenvalue weighted by Crippen LogP contribution is 2.48. The number of anilines is 2.